The van der Waals surface area contributed by atoms with Crippen LogP contribution in [0.5, 0.6) is 0 Å². The van der Waals surface area contributed by atoms with Gasteiger partial charge in [-0.2, -0.15) is 17.4 Å². The maximum atomic E-state index is 12.9. The fourth-order valence-corrected chi connectivity index (χ4v) is 4.86. The minimum absolute atomic E-state index is 0.0820. The number of fused-ring (bicyclic) bond motifs is 1. The van der Waals surface area contributed by atoms with Crippen molar-refractivity contribution in [3.8, 4) is 0 Å². The Morgan fingerprint density at radius 3 is 2.63 bits per heavy atom. The summed E-state index contributed by atoms with van der Waals surface area (Å²) in [6, 6.07) is 7.84. The van der Waals surface area contributed by atoms with Crippen molar-refractivity contribution < 1.29 is 13.2 Å². The Labute approximate surface area is 162 Å². The van der Waals surface area contributed by atoms with Crippen LogP contribution in [0.4, 0.5) is 5.69 Å². The third kappa shape index (κ3) is 4.34. The largest absolute Gasteiger partial charge is 0.311 e. The predicted molar refractivity (Wildman–Crippen MR) is 107 cm³/mol. The lowest BCUT2D eigenvalue weighted by Crippen LogP contribution is -2.47. The smallest absolute Gasteiger partial charge is 0.279 e. The number of hydrogen-bond acceptors (Lipinski definition) is 4. The van der Waals surface area contributed by atoms with Crippen LogP contribution in [0.1, 0.15) is 19.4 Å². The summed E-state index contributed by atoms with van der Waals surface area (Å²) in [7, 11) is -0.451. The molecule has 2 heterocycles. The van der Waals surface area contributed by atoms with E-state index in [1.165, 1.54) is 24.0 Å². The van der Waals surface area contributed by atoms with Crippen LogP contribution in [0, 0.1) is 11.8 Å². The standard InChI is InChI=1S/C19H30N4O3S/c1-14(2)16-11-22(12-17(16)20-27(25,26)21(3)4)13-19(24)23-10-9-15-7-5-6-8-18(15)23/h5-8,14,16-17,20H,9-13H2,1-4H3/t16-,17+/m0/s1. The highest BCUT2D eigenvalue weighted by Gasteiger charge is 2.38. The molecular weight excluding hydrogens is 364 g/mol. The quantitative estimate of drug-likeness (QED) is 0.779. The van der Waals surface area contributed by atoms with Gasteiger partial charge in [0.1, 0.15) is 0 Å². The average Bonchev–Trinajstić information content (AvgIpc) is 3.18. The Hall–Kier alpha value is -1.48. The van der Waals surface area contributed by atoms with Gasteiger partial charge in [0.15, 0.2) is 0 Å². The monoisotopic (exact) mass is 394 g/mol. The summed E-state index contributed by atoms with van der Waals surface area (Å²) in [5, 5.41) is 0. The van der Waals surface area contributed by atoms with Crippen LogP contribution < -0.4 is 9.62 Å². The first-order valence-electron chi connectivity index (χ1n) is 9.49. The first kappa shape index (κ1) is 20.3. The second-order valence-electron chi connectivity index (χ2n) is 8.04. The molecule has 150 valence electrons. The lowest BCUT2D eigenvalue weighted by atomic mass is 9.92. The molecule has 0 radical (unpaired) electrons. The van der Waals surface area contributed by atoms with E-state index in [0.29, 0.717) is 19.0 Å². The summed E-state index contributed by atoms with van der Waals surface area (Å²) in [4.78, 5) is 16.8. The summed E-state index contributed by atoms with van der Waals surface area (Å²) in [5.74, 6) is 0.587. The molecule has 7 nitrogen and oxygen atoms in total. The van der Waals surface area contributed by atoms with E-state index in [2.05, 4.69) is 29.5 Å². The van der Waals surface area contributed by atoms with Crippen LogP contribution in [0.25, 0.3) is 0 Å². The van der Waals surface area contributed by atoms with E-state index in [9.17, 15) is 13.2 Å². The maximum Gasteiger partial charge on any atom is 0.279 e. The van der Waals surface area contributed by atoms with E-state index in [0.717, 1.165) is 25.2 Å². The number of benzene rings is 1. The van der Waals surface area contributed by atoms with E-state index in [-0.39, 0.29) is 17.9 Å². The molecule has 0 aliphatic carbocycles. The number of anilines is 1. The maximum absolute atomic E-state index is 12.9. The number of nitrogens with zero attached hydrogens (tertiary/aromatic N) is 3. The molecule has 0 aromatic heterocycles. The second-order valence-corrected chi connectivity index (χ2v) is 9.95. The Kier molecular flexibility index (Phi) is 5.90. The first-order valence-corrected chi connectivity index (χ1v) is 10.9. The highest BCUT2D eigenvalue weighted by molar-refractivity contribution is 7.87. The summed E-state index contributed by atoms with van der Waals surface area (Å²) in [6.45, 7) is 6.51. The molecule has 1 aromatic rings. The molecule has 1 N–H and O–H groups in total. The van der Waals surface area contributed by atoms with Crippen molar-refractivity contribution in [3.05, 3.63) is 29.8 Å². The Morgan fingerprint density at radius 1 is 1.26 bits per heavy atom. The lowest BCUT2D eigenvalue weighted by Gasteiger charge is -2.24. The van der Waals surface area contributed by atoms with Gasteiger partial charge in [-0.15, -0.1) is 0 Å². The van der Waals surface area contributed by atoms with Gasteiger partial charge in [-0.3, -0.25) is 9.69 Å². The summed E-state index contributed by atoms with van der Waals surface area (Å²) in [5.41, 5.74) is 2.22. The molecule has 1 saturated heterocycles. The van der Waals surface area contributed by atoms with Crippen molar-refractivity contribution in [1.29, 1.82) is 0 Å². The zero-order chi connectivity index (χ0) is 19.8. The molecule has 2 atom stereocenters. The second kappa shape index (κ2) is 7.87. The molecule has 27 heavy (non-hydrogen) atoms. The van der Waals surface area contributed by atoms with Gasteiger partial charge in [0.25, 0.3) is 10.2 Å². The molecule has 3 rings (SSSR count). The molecule has 1 fully saturated rings. The van der Waals surface area contributed by atoms with Gasteiger partial charge in [-0.25, -0.2) is 0 Å². The molecular formula is C19H30N4O3S. The Bertz CT molecular complexity index is 794. The third-order valence-electron chi connectivity index (χ3n) is 5.63. The Morgan fingerprint density at radius 2 is 1.96 bits per heavy atom. The van der Waals surface area contributed by atoms with Crippen molar-refractivity contribution >= 4 is 21.8 Å². The van der Waals surface area contributed by atoms with Gasteiger partial charge in [0.2, 0.25) is 5.91 Å². The molecule has 8 heteroatoms. The summed E-state index contributed by atoms with van der Waals surface area (Å²) in [6.07, 6.45) is 0.891. The van der Waals surface area contributed by atoms with Gasteiger partial charge >= 0.3 is 0 Å². The molecule has 0 saturated carbocycles. The number of nitrogens with one attached hydrogen (secondary N) is 1. The first-order chi connectivity index (χ1) is 12.7. The molecule has 0 spiro atoms. The molecule has 2 aliphatic heterocycles. The zero-order valence-corrected chi connectivity index (χ0v) is 17.4. The number of para-hydroxylation sites is 1. The van der Waals surface area contributed by atoms with Crippen molar-refractivity contribution in [3.63, 3.8) is 0 Å². The number of carbonyl (C=O) groups is 1. The summed E-state index contributed by atoms with van der Waals surface area (Å²) >= 11 is 0. The number of rotatable bonds is 6. The van der Waals surface area contributed by atoms with Crippen LogP contribution in [0.15, 0.2) is 24.3 Å². The van der Waals surface area contributed by atoms with E-state index < -0.39 is 10.2 Å². The van der Waals surface area contributed by atoms with Crippen molar-refractivity contribution in [2.75, 3.05) is 45.2 Å². The zero-order valence-electron chi connectivity index (χ0n) is 16.6. The molecule has 1 aromatic carbocycles. The van der Waals surface area contributed by atoms with Crippen LogP contribution >= 0.6 is 0 Å². The normalized spacial score (nSPS) is 23.4. The van der Waals surface area contributed by atoms with Crippen LogP contribution in [-0.4, -0.2) is 69.8 Å². The van der Waals surface area contributed by atoms with Crippen LogP contribution in [0.3, 0.4) is 0 Å². The van der Waals surface area contributed by atoms with E-state index in [4.69, 9.17) is 0 Å². The van der Waals surface area contributed by atoms with Crippen molar-refractivity contribution in [2.24, 2.45) is 11.8 Å². The van der Waals surface area contributed by atoms with Crippen LogP contribution in [-0.2, 0) is 21.4 Å². The number of likely N-dealkylation sites (tertiary alicyclic amines) is 1. The molecule has 0 bridgehead atoms. The predicted octanol–water partition coefficient (Wildman–Crippen LogP) is 0.928. The van der Waals surface area contributed by atoms with Crippen molar-refractivity contribution in [2.45, 2.75) is 26.3 Å². The topological polar surface area (TPSA) is 73.0 Å². The van der Waals surface area contributed by atoms with Gasteiger partial charge in [0.05, 0.1) is 6.54 Å². The Balaban J connectivity index is 1.67. The van der Waals surface area contributed by atoms with Crippen molar-refractivity contribution in [1.82, 2.24) is 13.9 Å². The van der Waals surface area contributed by atoms with Gasteiger partial charge in [-0.1, -0.05) is 32.0 Å². The van der Waals surface area contributed by atoms with Gasteiger partial charge in [0, 0.05) is 45.5 Å². The SMILES string of the molecule is CC(C)[C@@H]1CN(CC(=O)N2CCc3ccccc32)C[C@H]1NS(=O)(=O)N(C)C. The molecule has 1 amide bonds. The van der Waals surface area contributed by atoms with E-state index >= 15 is 0 Å². The minimum atomic E-state index is -3.49. The number of hydrogen-bond donors (Lipinski definition) is 1. The fraction of sp³-hybridized carbons (Fsp3) is 0.632. The highest BCUT2D eigenvalue weighted by Crippen LogP contribution is 2.29. The van der Waals surface area contributed by atoms with Gasteiger partial charge in [-0.05, 0) is 29.9 Å². The number of carbonyl (C=O) groups excluding carboxylic acids is 1. The summed E-state index contributed by atoms with van der Waals surface area (Å²) < 4.78 is 28.5. The van der Waals surface area contributed by atoms with E-state index in [1.807, 2.05) is 23.1 Å². The molecule has 0 unspecified atom stereocenters. The van der Waals surface area contributed by atoms with E-state index in [1.54, 1.807) is 0 Å². The average molecular weight is 395 g/mol. The lowest BCUT2D eigenvalue weighted by molar-refractivity contribution is -0.119. The number of amides is 1. The minimum Gasteiger partial charge on any atom is -0.311 e. The van der Waals surface area contributed by atoms with Gasteiger partial charge < -0.3 is 4.90 Å². The molecule has 2 aliphatic rings. The highest BCUT2D eigenvalue weighted by atomic mass is 32.2. The fourth-order valence-electron chi connectivity index (χ4n) is 4.01. The van der Waals surface area contributed by atoms with Crippen LogP contribution in [0.2, 0.25) is 0 Å². The third-order valence-corrected chi connectivity index (χ3v) is 7.19.